The van der Waals surface area contributed by atoms with Crippen molar-refractivity contribution in [2.75, 3.05) is 4.72 Å². The summed E-state index contributed by atoms with van der Waals surface area (Å²) in [5, 5.41) is 10.7. The normalized spacial score (nSPS) is 11.0. The van der Waals surface area contributed by atoms with Crippen molar-refractivity contribution >= 4 is 27.7 Å². The third kappa shape index (κ3) is 3.29. The molecule has 0 radical (unpaired) electrons. The van der Waals surface area contributed by atoms with Gasteiger partial charge in [-0.2, -0.15) is 0 Å². The minimum absolute atomic E-state index is 0.0128. The third-order valence-electron chi connectivity index (χ3n) is 2.95. The Morgan fingerprint density at radius 3 is 2.32 bits per heavy atom. The molecule has 2 rings (SSSR count). The molecule has 0 unspecified atom stereocenters. The van der Waals surface area contributed by atoms with E-state index in [4.69, 9.17) is 0 Å². The van der Waals surface area contributed by atoms with Crippen LogP contribution in [-0.4, -0.2) is 19.6 Å². The Morgan fingerprint density at radius 2 is 1.77 bits per heavy atom. The summed E-state index contributed by atoms with van der Waals surface area (Å²) in [5.41, 5.74) is 0.495. The van der Waals surface area contributed by atoms with Crippen molar-refractivity contribution in [2.45, 2.75) is 11.8 Å². The average molecular weight is 320 g/mol. The van der Waals surface area contributed by atoms with E-state index in [0.717, 1.165) is 17.7 Å². The molecule has 0 aromatic heterocycles. The van der Waals surface area contributed by atoms with Gasteiger partial charge >= 0.3 is 0 Å². The lowest BCUT2D eigenvalue weighted by molar-refractivity contribution is -0.384. The number of nitrogens with zero attached hydrogens (tertiary/aromatic N) is 1. The molecule has 7 nitrogen and oxygen atoms in total. The van der Waals surface area contributed by atoms with Crippen LogP contribution in [-0.2, 0) is 10.0 Å². The van der Waals surface area contributed by atoms with E-state index < -0.39 is 14.9 Å². The molecule has 1 N–H and O–H groups in total. The number of anilines is 1. The van der Waals surface area contributed by atoms with Crippen molar-refractivity contribution < 1.29 is 18.1 Å². The zero-order chi connectivity index (χ0) is 16.3. The molecule has 0 saturated carbocycles. The van der Waals surface area contributed by atoms with Crippen LogP contribution in [0, 0.1) is 17.0 Å². The number of nitrogens with one attached hydrogen (secondary N) is 1. The van der Waals surface area contributed by atoms with Crippen LogP contribution < -0.4 is 4.72 Å². The summed E-state index contributed by atoms with van der Waals surface area (Å²) in [6, 6.07) is 9.48. The van der Waals surface area contributed by atoms with Crippen LogP contribution >= 0.6 is 0 Å². The van der Waals surface area contributed by atoms with Gasteiger partial charge in [-0.05, 0) is 25.1 Å². The standard InChI is InChI=1S/C14H12N2O5S/c1-10-2-5-13(6-3-10)22(20,21)15-14-7-4-12(16(18)19)8-11(14)9-17/h2-9,15H,1H3. The second-order valence-corrected chi connectivity index (χ2v) is 6.25. The van der Waals surface area contributed by atoms with E-state index >= 15 is 0 Å². The molecule has 0 saturated heterocycles. The van der Waals surface area contributed by atoms with Crippen LogP contribution in [0.15, 0.2) is 47.4 Å². The molecule has 0 bridgehead atoms. The van der Waals surface area contributed by atoms with E-state index in [-0.39, 0.29) is 21.8 Å². The topological polar surface area (TPSA) is 106 Å². The smallest absolute Gasteiger partial charge is 0.270 e. The Kier molecular flexibility index (Phi) is 4.22. The lowest BCUT2D eigenvalue weighted by Gasteiger charge is -2.10. The van der Waals surface area contributed by atoms with Crippen LogP contribution in [0.5, 0.6) is 0 Å². The molecule has 0 aliphatic rings. The van der Waals surface area contributed by atoms with Crippen LogP contribution in [0.3, 0.4) is 0 Å². The van der Waals surface area contributed by atoms with Gasteiger partial charge in [-0.3, -0.25) is 19.6 Å². The van der Waals surface area contributed by atoms with Crippen LogP contribution in [0.2, 0.25) is 0 Å². The van der Waals surface area contributed by atoms with Crippen LogP contribution in [0.1, 0.15) is 15.9 Å². The highest BCUT2D eigenvalue weighted by atomic mass is 32.2. The molecule has 114 valence electrons. The molecule has 2 aromatic carbocycles. The van der Waals surface area contributed by atoms with Crippen molar-refractivity contribution in [1.82, 2.24) is 0 Å². The van der Waals surface area contributed by atoms with E-state index in [9.17, 15) is 23.3 Å². The van der Waals surface area contributed by atoms with E-state index in [1.165, 1.54) is 18.2 Å². The molecule has 22 heavy (non-hydrogen) atoms. The monoisotopic (exact) mass is 320 g/mol. The number of nitro groups is 1. The van der Waals surface area contributed by atoms with Gasteiger partial charge in [0.2, 0.25) is 0 Å². The SMILES string of the molecule is Cc1ccc(S(=O)(=O)Nc2ccc([N+](=O)[O-])cc2C=O)cc1. The first-order valence-corrected chi connectivity index (χ1v) is 7.65. The number of sulfonamides is 1. The van der Waals surface area contributed by atoms with Crippen molar-refractivity contribution in [3.63, 3.8) is 0 Å². The third-order valence-corrected chi connectivity index (χ3v) is 4.33. The van der Waals surface area contributed by atoms with Crippen LogP contribution in [0.25, 0.3) is 0 Å². The highest BCUT2D eigenvalue weighted by Gasteiger charge is 2.17. The minimum Gasteiger partial charge on any atom is -0.298 e. The van der Waals surface area contributed by atoms with Gasteiger partial charge in [0.15, 0.2) is 6.29 Å². The molecule has 0 aliphatic heterocycles. The number of benzene rings is 2. The van der Waals surface area contributed by atoms with Crippen molar-refractivity contribution in [3.05, 3.63) is 63.7 Å². The predicted octanol–water partition coefficient (Wildman–Crippen LogP) is 2.52. The van der Waals surface area contributed by atoms with Gasteiger partial charge in [-0.1, -0.05) is 17.7 Å². The summed E-state index contributed by atoms with van der Waals surface area (Å²) in [6.45, 7) is 1.82. The van der Waals surface area contributed by atoms with Crippen molar-refractivity contribution in [1.29, 1.82) is 0 Å². The second-order valence-electron chi connectivity index (χ2n) is 4.57. The molecular formula is C14H12N2O5S. The molecule has 8 heteroatoms. The fourth-order valence-corrected chi connectivity index (χ4v) is 2.86. The number of aryl methyl sites for hydroxylation is 1. The minimum atomic E-state index is -3.87. The maximum atomic E-state index is 12.2. The maximum Gasteiger partial charge on any atom is 0.270 e. The lowest BCUT2D eigenvalue weighted by atomic mass is 10.2. The van der Waals surface area contributed by atoms with Gasteiger partial charge in [0.1, 0.15) is 0 Å². The van der Waals surface area contributed by atoms with Gasteiger partial charge in [0.05, 0.1) is 15.5 Å². The second kappa shape index (κ2) is 5.94. The first-order valence-electron chi connectivity index (χ1n) is 6.16. The Labute approximate surface area is 126 Å². The summed E-state index contributed by atoms with van der Waals surface area (Å²) in [7, 11) is -3.87. The van der Waals surface area contributed by atoms with E-state index in [1.807, 2.05) is 6.92 Å². The maximum absolute atomic E-state index is 12.2. The number of rotatable bonds is 5. The Morgan fingerprint density at radius 1 is 1.14 bits per heavy atom. The van der Waals surface area contributed by atoms with E-state index in [0.29, 0.717) is 6.29 Å². The molecule has 0 aliphatic carbocycles. The van der Waals surface area contributed by atoms with Gasteiger partial charge in [-0.25, -0.2) is 8.42 Å². The number of carbonyl (C=O) groups excluding carboxylic acids is 1. The average Bonchev–Trinajstić information content (AvgIpc) is 2.47. The first kappa shape index (κ1) is 15.6. The fraction of sp³-hybridized carbons (Fsp3) is 0.0714. The number of non-ortho nitro benzene ring substituents is 1. The molecule has 2 aromatic rings. The van der Waals surface area contributed by atoms with E-state index in [1.54, 1.807) is 12.1 Å². The Bertz CT molecular complexity index is 829. The molecule has 0 heterocycles. The van der Waals surface area contributed by atoms with Gasteiger partial charge < -0.3 is 0 Å². The van der Waals surface area contributed by atoms with Crippen LogP contribution in [0.4, 0.5) is 11.4 Å². The molecule has 0 atom stereocenters. The molecule has 0 fully saturated rings. The molecular weight excluding hydrogens is 308 g/mol. The summed E-state index contributed by atoms with van der Waals surface area (Å²) < 4.78 is 26.7. The Hall–Kier alpha value is -2.74. The van der Waals surface area contributed by atoms with Crippen molar-refractivity contribution in [3.8, 4) is 0 Å². The quantitative estimate of drug-likeness (QED) is 0.517. The highest BCUT2D eigenvalue weighted by Crippen LogP contribution is 2.23. The summed E-state index contributed by atoms with van der Waals surface area (Å²) >= 11 is 0. The van der Waals surface area contributed by atoms with Crippen molar-refractivity contribution in [2.24, 2.45) is 0 Å². The lowest BCUT2D eigenvalue weighted by Crippen LogP contribution is -2.14. The fourth-order valence-electron chi connectivity index (χ4n) is 1.78. The largest absolute Gasteiger partial charge is 0.298 e. The summed E-state index contributed by atoms with van der Waals surface area (Å²) in [6.07, 6.45) is 0.361. The predicted molar refractivity (Wildman–Crippen MR) is 80.5 cm³/mol. The van der Waals surface area contributed by atoms with E-state index in [2.05, 4.69) is 4.72 Å². The number of nitro benzene ring substituents is 1. The van der Waals surface area contributed by atoms with Gasteiger partial charge in [0.25, 0.3) is 15.7 Å². The highest BCUT2D eigenvalue weighted by molar-refractivity contribution is 7.92. The number of hydrogen-bond donors (Lipinski definition) is 1. The summed E-state index contributed by atoms with van der Waals surface area (Å²) in [4.78, 5) is 21.1. The summed E-state index contributed by atoms with van der Waals surface area (Å²) in [5.74, 6) is 0. The number of hydrogen-bond acceptors (Lipinski definition) is 5. The Balaban J connectivity index is 2.39. The van der Waals surface area contributed by atoms with Gasteiger partial charge in [-0.15, -0.1) is 0 Å². The molecule has 0 spiro atoms. The number of carbonyl (C=O) groups is 1. The number of aldehydes is 1. The zero-order valence-corrected chi connectivity index (χ0v) is 12.3. The zero-order valence-electron chi connectivity index (χ0n) is 11.5. The molecule has 0 amide bonds. The first-order chi connectivity index (χ1) is 10.3. The van der Waals surface area contributed by atoms with Gasteiger partial charge in [0, 0.05) is 17.7 Å².